The van der Waals surface area contributed by atoms with Crippen LogP contribution < -0.4 is 0 Å². The summed E-state index contributed by atoms with van der Waals surface area (Å²) in [5, 5.41) is 9.40. The van der Waals surface area contributed by atoms with Gasteiger partial charge in [0.05, 0.1) is 0 Å². The number of rotatable bonds is 9. The summed E-state index contributed by atoms with van der Waals surface area (Å²) in [7, 11) is 0. The number of furan rings is 4. The normalized spacial score (nSPS) is 13.7. The van der Waals surface area contributed by atoms with Crippen LogP contribution in [0.25, 0.3) is 177 Å². The minimum absolute atomic E-state index is 0.00197. The molecule has 0 fully saturated rings. The van der Waals surface area contributed by atoms with Gasteiger partial charge in [-0.15, -0.1) is 0 Å². The maximum Gasteiger partial charge on any atom is 0.143 e. The summed E-state index contributed by atoms with van der Waals surface area (Å²) in [5.41, 5.74) is 42.1. The Morgan fingerprint density at radius 2 is 0.438 bits per heavy atom. The van der Waals surface area contributed by atoms with Crippen molar-refractivity contribution in [2.45, 2.75) is 137 Å². The summed E-state index contributed by atoms with van der Waals surface area (Å²) < 4.78 is 24.5. The molecule has 23 rings (SSSR count). The van der Waals surface area contributed by atoms with Gasteiger partial charge in [-0.2, -0.15) is 0 Å². The lowest BCUT2D eigenvalue weighted by molar-refractivity contribution is 0.657. The predicted octanol–water partition coefficient (Wildman–Crippen LogP) is 34.1. The molecule has 0 radical (unpaired) electrons. The Kier molecular flexibility index (Phi) is 18.7. The standard InChI is InChI=1S/3C30H26O.C27H22O/c1-18(2)19-12-14-22-23-15-13-20(17-27(23)30(3,4)26(22)16-19)21-9-7-10-25-24-8-5-6-11-28(24)31-29(21)25;1-18(2)19-9-12-22-23-13-10-21(17-27(23)30(3,4)26(22)16-19)20-11-14-29-25(15-20)24-7-5-6-8-28(24)31-29;1-18(2)19-9-12-22-23-13-10-20(16-27(23)30(3,4)26(22)15-19)21-11-14-25-24-7-5-6-8-28(24)31-29(25)17-21;1-18(2)19-7-9-20(10-8-19)21-11-13-22(14-12-21)23-15-16-25-24-5-3-4-6-26(24)28-27(25)17-23/h3*5-18H,1-4H3;3-18H,1-2H3. The van der Waals surface area contributed by atoms with Crippen molar-refractivity contribution in [2.75, 3.05) is 0 Å². The molecule has 0 spiro atoms. The Bertz CT molecular complexity index is 7460. The fourth-order valence-corrected chi connectivity index (χ4v) is 19.5. The second kappa shape index (κ2) is 29.6. The van der Waals surface area contributed by atoms with Crippen LogP contribution in [0, 0.1) is 0 Å². The van der Waals surface area contributed by atoms with E-state index in [0.717, 1.165) is 50.2 Å². The van der Waals surface area contributed by atoms with E-state index in [0.29, 0.717) is 23.7 Å². The molecule has 4 aromatic heterocycles. The van der Waals surface area contributed by atoms with Crippen LogP contribution in [0.3, 0.4) is 0 Å². The SMILES string of the molecule is CC(C)c1ccc(-c2ccc(-c3ccc4c(c3)oc3ccccc34)cc2)cc1.CC(C)c1ccc2c(c1)C(C)(C)c1cc(-c3ccc4c(c3)oc3ccccc34)ccc1-2.CC(C)c1ccc2c(c1)C(C)(C)c1cc(-c3ccc4oc5ccccc5c4c3)ccc1-2.CC(C)c1ccc2c(c1)C(C)(C)c1cc(-c3cccc4c3oc3ccccc34)ccc1-2. The van der Waals surface area contributed by atoms with Crippen LogP contribution >= 0.6 is 0 Å². The molecule has 4 heterocycles. The minimum atomic E-state index is -0.0205. The number of hydrogen-bond donors (Lipinski definition) is 0. The molecule has 0 bridgehead atoms. The fourth-order valence-electron chi connectivity index (χ4n) is 19.5. The minimum Gasteiger partial charge on any atom is -0.456 e. The quantitative estimate of drug-likeness (QED) is 0.145. The van der Waals surface area contributed by atoms with Crippen LogP contribution in [-0.4, -0.2) is 0 Å². The smallest absolute Gasteiger partial charge is 0.143 e. The topological polar surface area (TPSA) is 52.6 Å². The molecule has 0 atom stereocenters. The summed E-state index contributed by atoms with van der Waals surface area (Å²) in [4.78, 5) is 0. The monoisotopic (exact) mass is 1570 g/mol. The maximum atomic E-state index is 6.31. The maximum absolute atomic E-state index is 6.31. The fraction of sp³-hybridized carbons (Fsp3) is 0.179. The van der Waals surface area contributed by atoms with Crippen molar-refractivity contribution in [3.8, 4) is 89.0 Å². The Labute approximate surface area is 709 Å². The zero-order valence-electron chi connectivity index (χ0n) is 71.6. The molecule has 16 aromatic carbocycles. The molecular formula is C117H100O4. The first-order valence-corrected chi connectivity index (χ1v) is 43.2. The molecule has 0 N–H and O–H groups in total. The average molecular weight is 1570 g/mol. The first kappa shape index (κ1) is 76.4. The van der Waals surface area contributed by atoms with E-state index in [2.05, 4.69) is 376 Å². The lowest BCUT2D eigenvalue weighted by Gasteiger charge is -2.23. The number of benzene rings is 16. The van der Waals surface area contributed by atoms with Gasteiger partial charge < -0.3 is 17.7 Å². The molecule has 592 valence electrons. The van der Waals surface area contributed by atoms with E-state index in [1.807, 2.05) is 48.5 Å². The van der Waals surface area contributed by atoms with Crippen molar-refractivity contribution in [1.29, 1.82) is 0 Å². The Balaban J connectivity index is 0.000000103. The lowest BCUT2D eigenvalue weighted by Crippen LogP contribution is -2.15. The van der Waals surface area contributed by atoms with Crippen molar-refractivity contribution >= 4 is 87.8 Å². The first-order chi connectivity index (χ1) is 58.5. The third kappa shape index (κ3) is 13.2. The van der Waals surface area contributed by atoms with Crippen LogP contribution in [0.2, 0.25) is 0 Å². The van der Waals surface area contributed by atoms with E-state index in [4.69, 9.17) is 17.7 Å². The number of para-hydroxylation sites is 5. The number of fused-ring (bicyclic) bond motifs is 21. The highest BCUT2D eigenvalue weighted by Gasteiger charge is 2.39. The van der Waals surface area contributed by atoms with Gasteiger partial charge in [0.25, 0.3) is 0 Å². The molecule has 0 saturated carbocycles. The molecule has 121 heavy (non-hydrogen) atoms. The molecule has 0 amide bonds. The van der Waals surface area contributed by atoms with E-state index in [1.54, 1.807) is 0 Å². The van der Waals surface area contributed by atoms with Crippen LogP contribution in [0.1, 0.15) is 176 Å². The van der Waals surface area contributed by atoms with Crippen LogP contribution in [0.15, 0.2) is 345 Å². The van der Waals surface area contributed by atoms with Crippen LogP contribution in [0.4, 0.5) is 0 Å². The second-order valence-electron chi connectivity index (χ2n) is 36.6. The summed E-state index contributed by atoms with van der Waals surface area (Å²) in [6, 6.07) is 119. The lowest BCUT2D eigenvalue weighted by atomic mass is 9.80. The van der Waals surface area contributed by atoms with Gasteiger partial charge in [0.15, 0.2) is 0 Å². The molecule has 3 aliphatic rings. The van der Waals surface area contributed by atoms with E-state index in [9.17, 15) is 0 Å². The van der Waals surface area contributed by atoms with Gasteiger partial charge in [0, 0.05) is 64.9 Å². The molecule has 20 aromatic rings. The van der Waals surface area contributed by atoms with Crippen molar-refractivity contribution < 1.29 is 17.7 Å². The van der Waals surface area contributed by atoms with Crippen molar-refractivity contribution in [1.82, 2.24) is 0 Å². The van der Waals surface area contributed by atoms with Gasteiger partial charge in [0.2, 0.25) is 0 Å². The zero-order chi connectivity index (χ0) is 83.1. The Morgan fingerprint density at radius 1 is 0.174 bits per heavy atom. The Morgan fingerprint density at radius 3 is 0.868 bits per heavy atom. The summed E-state index contributed by atoms with van der Waals surface area (Å²) in [5.74, 6) is 2.17. The van der Waals surface area contributed by atoms with E-state index < -0.39 is 0 Å². The van der Waals surface area contributed by atoms with E-state index >= 15 is 0 Å². The van der Waals surface area contributed by atoms with Crippen molar-refractivity contribution in [3.63, 3.8) is 0 Å². The predicted molar refractivity (Wildman–Crippen MR) is 511 cm³/mol. The summed E-state index contributed by atoms with van der Waals surface area (Å²) in [6.07, 6.45) is 0. The van der Waals surface area contributed by atoms with Gasteiger partial charge in [-0.3, -0.25) is 0 Å². The molecule has 4 heteroatoms. The van der Waals surface area contributed by atoms with E-state index in [-0.39, 0.29) is 16.2 Å². The van der Waals surface area contributed by atoms with Crippen LogP contribution in [0.5, 0.6) is 0 Å². The summed E-state index contributed by atoms with van der Waals surface area (Å²) in [6.45, 7) is 32.2. The molecule has 0 saturated heterocycles. The largest absolute Gasteiger partial charge is 0.456 e. The molecular weight excluding hydrogens is 1470 g/mol. The van der Waals surface area contributed by atoms with Gasteiger partial charge in [0.1, 0.15) is 44.7 Å². The highest BCUT2D eigenvalue weighted by Crippen LogP contribution is 2.55. The highest BCUT2D eigenvalue weighted by molar-refractivity contribution is 6.11. The molecule has 4 nitrogen and oxygen atoms in total. The molecule has 3 aliphatic carbocycles. The van der Waals surface area contributed by atoms with Crippen LogP contribution in [-0.2, 0) is 16.2 Å². The highest BCUT2D eigenvalue weighted by atomic mass is 16.3. The zero-order valence-corrected chi connectivity index (χ0v) is 71.6. The van der Waals surface area contributed by atoms with Crippen molar-refractivity contribution in [2.24, 2.45) is 0 Å². The molecule has 0 aliphatic heterocycles. The summed E-state index contributed by atoms with van der Waals surface area (Å²) >= 11 is 0. The Hall–Kier alpha value is -13.3. The van der Waals surface area contributed by atoms with Crippen molar-refractivity contribution in [3.05, 3.63) is 383 Å². The number of hydrogen-bond acceptors (Lipinski definition) is 4. The average Bonchev–Trinajstić information content (AvgIpc) is 1.58. The van der Waals surface area contributed by atoms with E-state index in [1.165, 1.54) is 182 Å². The van der Waals surface area contributed by atoms with Gasteiger partial charge >= 0.3 is 0 Å². The van der Waals surface area contributed by atoms with Gasteiger partial charge in [-0.1, -0.05) is 346 Å². The van der Waals surface area contributed by atoms with Gasteiger partial charge in [-0.25, -0.2) is 0 Å². The third-order valence-electron chi connectivity index (χ3n) is 26.7. The van der Waals surface area contributed by atoms with Gasteiger partial charge in [-0.05, 0) is 242 Å². The first-order valence-electron chi connectivity index (χ1n) is 43.2. The molecule has 0 unspecified atom stereocenters. The second-order valence-corrected chi connectivity index (χ2v) is 36.6. The third-order valence-corrected chi connectivity index (χ3v) is 26.7.